The molecule has 154 valence electrons. The van der Waals surface area contributed by atoms with E-state index in [0.717, 1.165) is 0 Å². The Labute approximate surface area is 159 Å². The van der Waals surface area contributed by atoms with Crippen LogP contribution in [0.25, 0.3) is 0 Å². The minimum absolute atomic E-state index is 0.189. The van der Waals surface area contributed by atoms with E-state index in [-0.39, 0.29) is 9.79 Å². The molecule has 0 aliphatic rings. The molecule has 12 heteroatoms. The zero-order chi connectivity index (χ0) is 21.3. The molecule has 2 aromatic carbocycles. The van der Waals surface area contributed by atoms with E-state index in [4.69, 9.17) is 0 Å². The fourth-order valence-corrected chi connectivity index (χ4v) is 4.04. The summed E-state index contributed by atoms with van der Waals surface area (Å²) in [4.78, 5) is -0.378. The highest BCUT2D eigenvalue weighted by atomic mass is 33.1. The van der Waals surface area contributed by atoms with E-state index in [2.05, 4.69) is 0 Å². The standard InChI is InChI=1S/C16H8F10S2/c17-11-1-7(2-12(18)9(11)5-15(21,22)23)27-28-8-3-13(19)10(14(20)4-8)6-16(24,25)26/h1-4H,5-6H2. The highest BCUT2D eigenvalue weighted by Crippen LogP contribution is 2.40. The van der Waals surface area contributed by atoms with E-state index in [0.29, 0.717) is 45.9 Å². The second-order valence-corrected chi connectivity index (χ2v) is 7.76. The summed E-state index contributed by atoms with van der Waals surface area (Å²) in [5.74, 6) is -5.78. The van der Waals surface area contributed by atoms with Crippen molar-refractivity contribution in [2.45, 2.75) is 35.0 Å². The molecule has 0 saturated carbocycles. The van der Waals surface area contributed by atoms with Gasteiger partial charge in [-0.25, -0.2) is 17.6 Å². The molecule has 0 saturated heterocycles. The van der Waals surface area contributed by atoms with E-state index < -0.39 is 59.6 Å². The van der Waals surface area contributed by atoms with Gasteiger partial charge in [0.25, 0.3) is 0 Å². The molecule has 0 heterocycles. The zero-order valence-electron chi connectivity index (χ0n) is 13.3. The van der Waals surface area contributed by atoms with Crippen LogP contribution in [0.1, 0.15) is 11.1 Å². The van der Waals surface area contributed by atoms with Gasteiger partial charge in [-0.05, 0) is 24.3 Å². The summed E-state index contributed by atoms with van der Waals surface area (Å²) < 4.78 is 129. The van der Waals surface area contributed by atoms with E-state index in [1.54, 1.807) is 0 Å². The molecule has 0 amide bonds. The highest BCUT2D eigenvalue weighted by Gasteiger charge is 2.32. The van der Waals surface area contributed by atoms with Crippen molar-refractivity contribution in [2.24, 2.45) is 0 Å². The average molecular weight is 454 g/mol. The maximum Gasteiger partial charge on any atom is 0.393 e. The second kappa shape index (κ2) is 8.44. The summed E-state index contributed by atoms with van der Waals surface area (Å²) in [5, 5.41) is 0. The molecule has 2 aromatic rings. The second-order valence-electron chi connectivity index (χ2n) is 5.48. The number of benzene rings is 2. The minimum Gasteiger partial charge on any atom is -0.207 e. The topological polar surface area (TPSA) is 0 Å². The van der Waals surface area contributed by atoms with Crippen molar-refractivity contribution in [2.75, 3.05) is 0 Å². The Morgan fingerprint density at radius 3 is 1.00 bits per heavy atom. The Kier molecular flexibility index (Phi) is 6.85. The summed E-state index contributed by atoms with van der Waals surface area (Å²) in [6, 6.07) is 2.47. The monoisotopic (exact) mass is 454 g/mol. The van der Waals surface area contributed by atoms with Crippen molar-refractivity contribution < 1.29 is 43.9 Å². The smallest absolute Gasteiger partial charge is 0.207 e. The van der Waals surface area contributed by atoms with Crippen LogP contribution in [0.5, 0.6) is 0 Å². The number of halogens is 10. The Hall–Kier alpha value is -1.56. The van der Waals surface area contributed by atoms with Crippen LogP contribution in [0.2, 0.25) is 0 Å². The van der Waals surface area contributed by atoms with Gasteiger partial charge in [0.15, 0.2) is 0 Å². The van der Waals surface area contributed by atoms with Crippen molar-refractivity contribution in [3.8, 4) is 0 Å². The van der Waals surface area contributed by atoms with Gasteiger partial charge in [0.2, 0.25) is 0 Å². The van der Waals surface area contributed by atoms with Crippen LogP contribution < -0.4 is 0 Å². The lowest BCUT2D eigenvalue weighted by atomic mass is 10.1. The molecule has 0 aliphatic heterocycles. The van der Waals surface area contributed by atoms with Crippen molar-refractivity contribution in [1.82, 2.24) is 0 Å². The first-order valence-corrected chi connectivity index (χ1v) is 9.34. The number of hydrogen-bond donors (Lipinski definition) is 0. The molecule has 0 N–H and O–H groups in total. The van der Waals surface area contributed by atoms with Gasteiger partial charge in [0.1, 0.15) is 23.3 Å². The van der Waals surface area contributed by atoms with E-state index in [1.807, 2.05) is 0 Å². The van der Waals surface area contributed by atoms with Gasteiger partial charge in [-0.2, -0.15) is 26.3 Å². The van der Waals surface area contributed by atoms with Crippen LogP contribution in [0.15, 0.2) is 34.1 Å². The maximum atomic E-state index is 13.7. The van der Waals surface area contributed by atoms with Crippen molar-refractivity contribution in [3.05, 3.63) is 58.7 Å². The zero-order valence-corrected chi connectivity index (χ0v) is 15.0. The first kappa shape index (κ1) is 22.7. The van der Waals surface area contributed by atoms with E-state index in [9.17, 15) is 43.9 Å². The van der Waals surface area contributed by atoms with Crippen LogP contribution in [0.3, 0.4) is 0 Å². The van der Waals surface area contributed by atoms with E-state index in [1.165, 1.54) is 0 Å². The van der Waals surface area contributed by atoms with Gasteiger partial charge in [0.05, 0.1) is 12.8 Å². The van der Waals surface area contributed by atoms with Gasteiger partial charge in [-0.1, -0.05) is 21.6 Å². The van der Waals surface area contributed by atoms with Crippen molar-refractivity contribution in [1.29, 1.82) is 0 Å². The van der Waals surface area contributed by atoms with Gasteiger partial charge in [0, 0.05) is 20.9 Å². The Bertz CT molecular complexity index is 740. The molecule has 0 radical (unpaired) electrons. The molecule has 0 unspecified atom stereocenters. The van der Waals surface area contributed by atoms with E-state index >= 15 is 0 Å². The van der Waals surface area contributed by atoms with Crippen LogP contribution in [-0.2, 0) is 12.8 Å². The summed E-state index contributed by atoms with van der Waals surface area (Å²) in [7, 11) is 1.13. The maximum absolute atomic E-state index is 13.7. The molecule has 0 aliphatic carbocycles. The van der Waals surface area contributed by atoms with Crippen LogP contribution in [0, 0.1) is 23.3 Å². The summed E-state index contributed by atoms with van der Waals surface area (Å²) in [6.45, 7) is 0. The molecule has 0 nitrogen and oxygen atoms in total. The van der Waals surface area contributed by atoms with Crippen LogP contribution in [0.4, 0.5) is 43.9 Å². The normalized spacial score (nSPS) is 12.5. The quantitative estimate of drug-likeness (QED) is 0.345. The molecule has 0 fully saturated rings. The summed E-state index contributed by atoms with van der Waals surface area (Å²) >= 11 is 0. The third-order valence-corrected chi connectivity index (χ3v) is 5.56. The Balaban J connectivity index is 2.16. The average Bonchev–Trinajstić information content (AvgIpc) is 2.51. The third kappa shape index (κ3) is 6.50. The molecule has 28 heavy (non-hydrogen) atoms. The Morgan fingerprint density at radius 1 is 0.536 bits per heavy atom. The summed E-state index contributed by atoms with van der Waals surface area (Å²) in [6.07, 6.45) is -13.3. The first-order valence-electron chi connectivity index (χ1n) is 7.19. The fraction of sp³-hybridized carbons (Fsp3) is 0.250. The summed E-state index contributed by atoms with van der Waals surface area (Å²) in [5.41, 5.74) is -2.34. The fourth-order valence-electron chi connectivity index (χ4n) is 2.09. The minimum atomic E-state index is -4.82. The SMILES string of the molecule is Fc1cc(SSc2cc(F)c(CC(F)(F)F)c(F)c2)cc(F)c1CC(F)(F)F. The lowest BCUT2D eigenvalue weighted by molar-refractivity contribution is -0.129. The molecule has 0 spiro atoms. The van der Waals surface area contributed by atoms with Gasteiger partial charge >= 0.3 is 12.4 Å². The molecule has 2 rings (SSSR count). The molecule has 0 aromatic heterocycles. The van der Waals surface area contributed by atoms with Crippen molar-refractivity contribution in [3.63, 3.8) is 0 Å². The predicted octanol–water partition coefficient (Wildman–Crippen LogP) is 7.25. The molecule has 0 bridgehead atoms. The number of rotatable bonds is 5. The molecular formula is C16H8F10S2. The van der Waals surface area contributed by atoms with Crippen LogP contribution in [-0.4, -0.2) is 12.4 Å². The van der Waals surface area contributed by atoms with Crippen molar-refractivity contribution >= 4 is 21.6 Å². The highest BCUT2D eigenvalue weighted by molar-refractivity contribution is 8.76. The van der Waals surface area contributed by atoms with Crippen LogP contribution >= 0.6 is 21.6 Å². The predicted molar refractivity (Wildman–Crippen MR) is 83.9 cm³/mol. The molecular weight excluding hydrogens is 446 g/mol. The molecule has 0 atom stereocenters. The third-order valence-electron chi connectivity index (χ3n) is 3.22. The first-order chi connectivity index (χ1) is 12.7. The largest absolute Gasteiger partial charge is 0.393 e. The number of hydrogen-bond acceptors (Lipinski definition) is 2. The number of alkyl halides is 6. The van der Waals surface area contributed by atoms with Gasteiger partial charge in [-0.3, -0.25) is 0 Å². The van der Waals surface area contributed by atoms with Gasteiger partial charge < -0.3 is 0 Å². The Morgan fingerprint density at radius 2 is 0.786 bits per heavy atom. The lowest BCUT2D eigenvalue weighted by Gasteiger charge is -2.11. The van der Waals surface area contributed by atoms with Gasteiger partial charge in [-0.15, -0.1) is 0 Å². The lowest BCUT2D eigenvalue weighted by Crippen LogP contribution is -2.14.